The number of amides is 1. The molecule has 0 N–H and O–H groups in total. The largest absolute Gasteiger partial charge is 0.383 e. The lowest BCUT2D eigenvalue weighted by atomic mass is 9.83. The maximum atomic E-state index is 12.5. The minimum absolute atomic E-state index is 0.316. The molecule has 0 spiro atoms. The second-order valence-corrected chi connectivity index (χ2v) is 6.63. The molecule has 3 rings (SSSR count). The van der Waals surface area contributed by atoms with Crippen LogP contribution in [-0.4, -0.2) is 74.9 Å². The highest BCUT2D eigenvalue weighted by molar-refractivity contribution is 5.79. The molecule has 21 heavy (non-hydrogen) atoms. The first-order chi connectivity index (χ1) is 10.3. The smallest absolute Gasteiger partial charge is 0.225 e. The van der Waals surface area contributed by atoms with Gasteiger partial charge in [-0.15, -0.1) is 0 Å². The number of methoxy groups -OCH3 is 1. The van der Waals surface area contributed by atoms with Crippen molar-refractivity contribution in [3.05, 3.63) is 0 Å². The fraction of sp³-hybridized carbons (Fsp3) is 0.938. The van der Waals surface area contributed by atoms with Gasteiger partial charge in [0.15, 0.2) is 0 Å². The zero-order valence-electron chi connectivity index (χ0n) is 13.1. The van der Waals surface area contributed by atoms with Gasteiger partial charge in [0.05, 0.1) is 19.8 Å². The summed E-state index contributed by atoms with van der Waals surface area (Å²) in [4.78, 5) is 17.1. The number of hydrogen-bond donors (Lipinski definition) is 0. The van der Waals surface area contributed by atoms with E-state index in [2.05, 4.69) is 9.80 Å². The maximum absolute atomic E-state index is 12.5. The van der Waals surface area contributed by atoms with Crippen LogP contribution >= 0.6 is 0 Å². The molecule has 0 aromatic rings. The van der Waals surface area contributed by atoms with Gasteiger partial charge in [-0.3, -0.25) is 9.69 Å². The van der Waals surface area contributed by atoms with E-state index < -0.39 is 0 Å². The molecule has 2 heterocycles. The highest BCUT2D eigenvalue weighted by atomic mass is 16.5. The van der Waals surface area contributed by atoms with Crippen LogP contribution in [0.25, 0.3) is 0 Å². The summed E-state index contributed by atoms with van der Waals surface area (Å²) in [5.74, 6) is 1.28. The molecule has 3 aliphatic rings. The molecule has 0 bridgehead atoms. The molecule has 5 nitrogen and oxygen atoms in total. The first-order valence-electron chi connectivity index (χ1n) is 8.39. The van der Waals surface area contributed by atoms with Crippen LogP contribution in [0.4, 0.5) is 0 Å². The maximum Gasteiger partial charge on any atom is 0.225 e. The van der Waals surface area contributed by atoms with E-state index in [1.807, 2.05) is 0 Å². The summed E-state index contributed by atoms with van der Waals surface area (Å²) in [7, 11) is 1.75. The SMILES string of the molecule is COCCN1CCOC[C@H]2CCN(C(=O)C3CCC3)C[C@H]21. The van der Waals surface area contributed by atoms with Gasteiger partial charge >= 0.3 is 0 Å². The molecule has 0 aromatic carbocycles. The normalized spacial score (nSPS) is 31.4. The number of likely N-dealkylation sites (tertiary alicyclic amines) is 1. The molecule has 2 aliphatic heterocycles. The van der Waals surface area contributed by atoms with Crippen LogP contribution in [0.3, 0.4) is 0 Å². The van der Waals surface area contributed by atoms with Gasteiger partial charge in [-0.05, 0) is 19.3 Å². The van der Waals surface area contributed by atoms with E-state index in [1.54, 1.807) is 7.11 Å². The van der Waals surface area contributed by atoms with Crippen molar-refractivity contribution in [2.24, 2.45) is 11.8 Å². The number of fused-ring (bicyclic) bond motifs is 1. The molecule has 0 unspecified atom stereocenters. The van der Waals surface area contributed by atoms with Crippen LogP contribution in [-0.2, 0) is 14.3 Å². The van der Waals surface area contributed by atoms with Crippen molar-refractivity contribution in [3.63, 3.8) is 0 Å². The third kappa shape index (κ3) is 3.41. The zero-order chi connectivity index (χ0) is 14.7. The van der Waals surface area contributed by atoms with E-state index in [4.69, 9.17) is 9.47 Å². The van der Waals surface area contributed by atoms with Crippen molar-refractivity contribution in [3.8, 4) is 0 Å². The van der Waals surface area contributed by atoms with E-state index in [0.29, 0.717) is 23.8 Å². The summed E-state index contributed by atoms with van der Waals surface area (Å²) < 4.78 is 11.0. The molecule has 2 saturated heterocycles. The van der Waals surface area contributed by atoms with Crippen molar-refractivity contribution in [1.29, 1.82) is 0 Å². The summed E-state index contributed by atoms with van der Waals surface area (Å²) in [5.41, 5.74) is 0. The average molecular weight is 296 g/mol. The minimum atomic E-state index is 0.316. The minimum Gasteiger partial charge on any atom is -0.383 e. The number of carbonyl (C=O) groups is 1. The first-order valence-corrected chi connectivity index (χ1v) is 8.39. The Morgan fingerprint density at radius 1 is 1.29 bits per heavy atom. The highest BCUT2D eigenvalue weighted by Crippen LogP contribution is 2.31. The topological polar surface area (TPSA) is 42.0 Å². The number of hydrogen-bond acceptors (Lipinski definition) is 4. The molecule has 3 fully saturated rings. The van der Waals surface area contributed by atoms with E-state index in [1.165, 1.54) is 6.42 Å². The molecule has 2 atom stereocenters. The first kappa shape index (κ1) is 15.3. The van der Waals surface area contributed by atoms with Crippen LogP contribution in [0.2, 0.25) is 0 Å². The predicted octanol–water partition coefficient (Wildman–Crippen LogP) is 0.982. The fourth-order valence-electron chi connectivity index (χ4n) is 3.77. The highest BCUT2D eigenvalue weighted by Gasteiger charge is 2.39. The Balaban J connectivity index is 1.64. The number of ether oxygens (including phenoxy) is 2. The van der Waals surface area contributed by atoms with Crippen LogP contribution in [0, 0.1) is 11.8 Å². The average Bonchev–Trinajstić information content (AvgIpc) is 2.64. The molecular weight excluding hydrogens is 268 g/mol. The molecule has 0 radical (unpaired) electrons. The van der Waals surface area contributed by atoms with Crippen molar-refractivity contribution < 1.29 is 14.3 Å². The third-order valence-electron chi connectivity index (χ3n) is 5.39. The third-order valence-corrected chi connectivity index (χ3v) is 5.39. The Bertz CT molecular complexity index is 359. The van der Waals surface area contributed by atoms with Crippen LogP contribution in [0.1, 0.15) is 25.7 Å². The lowest BCUT2D eigenvalue weighted by molar-refractivity contribution is -0.141. The van der Waals surface area contributed by atoms with Gasteiger partial charge in [0.1, 0.15) is 0 Å². The Kier molecular flexibility index (Phi) is 5.14. The standard InChI is InChI=1S/C16H28N2O3/c1-20-9-7-17-8-10-21-12-14-5-6-18(11-15(14)17)16(19)13-3-2-4-13/h13-15H,2-12H2,1H3/t14-,15-/m1/s1. The lowest BCUT2D eigenvalue weighted by Crippen LogP contribution is -2.56. The molecule has 120 valence electrons. The van der Waals surface area contributed by atoms with Gasteiger partial charge in [0, 0.05) is 51.2 Å². The number of carbonyl (C=O) groups excluding carboxylic acids is 1. The number of piperidine rings is 1. The van der Waals surface area contributed by atoms with Gasteiger partial charge in [0.25, 0.3) is 0 Å². The summed E-state index contributed by atoms with van der Waals surface area (Å²) >= 11 is 0. The van der Waals surface area contributed by atoms with Gasteiger partial charge in [-0.1, -0.05) is 6.42 Å². The lowest BCUT2D eigenvalue weighted by Gasteiger charge is -2.44. The fourth-order valence-corrected chi connectivity index (χ4v) is 3.77. The van der Waals surface area contributed by atoms with E-state index in [-0.39, 0.29) is 0 Å². The molecular formula is C16H28N2O3. The summed E-state index contributed by atoms with van der Waals surface area (Å²) in [6, 6.07) is 0.445. The number of nitrogens with zero attached hydrogens (tertiary/aromatic N) is 2. The summed E-state index contributed by atoms with van der Waals surface area (Å²) in [6.07, 6.45) is 4.50. The second-order valence-electron chi connectivity index (χ2n) is 6.63. The van der Waals surface area contributed by atoms with Crippen molar-refractivity contribution in [2.45, 2.75) is 31.7 Å². The van der Waals surface area contributed by atoms with Crippen molar-refractivity contribution >= 4 is 5.91 Å². The molecule has 0 aromatic heterocycles. The van der Waals surface area contributed by atoms with Crippen molar-refractivity contribution in [1.82, 2.24) is 9.80 Å². The Labute approximate surface area is 127 Å². The summed E-state index contributed by atoms with van der Waals surface area (Å²) in [6.45, 7) is 6.08. The zero-order valence-corrected chi connectivity index (χ0v) is 13.1. The Morgan fingerprint density at radius 2 is 2.14 bits per heavy atom. The van der Waals surface area contributed by atoms with Crippen LogP contribution < -0.4 is 0 Å². The van der Waals surface area contributed by atoms with Crippen molar-refractivity contribution in [2.75, 3.05) is 53.1 Å². The quantitative estimate of drug-likeness (QED) is 0.776. The molecule has 1 amide bonds. The summed E-state index contributed by atoms with van der Waals surface area (Å²) in [5, 5.41) is 0. The molecule has 1 aliphatic carbocycles. The second kappa shape index (κ2) is 7.07. The van der Waals surface area contributed by atoms with Gasteiger partial charge in [-0.25, -0.2) is 0 Å². The monoisotopic (exact) mass is 296 g/mol. The molecule has 1 saturated carbocycles. The Hall–Kier alpha value is -0.650. The Morgan fingerprint density at radius 3 is 2.86 bits per heavy atom. The molecule has 5 heteroatoms. The van der Waals surface area contributed by atoms with E-state index in [9.17, 15) is 4.79 Å². The van der Waals surface area contributed by atoms with Crippen LogP contribution in [0.15, 0.2) is 0 Å². The van der Waals surface area contributed by atoms with E-state index in [0.717, 1.165) is 65.3 Å². The van der Waals surface area contributed by atoms with Gasteiger partial charge in [-0.2, -0.15) is 0 Å². The van der Waals surface area contributed by atoms with Gasteiger partial charge in [0.2, 0.25) is 5.91 Å². The van der Waals surface area contributed by atoms with Gasteiger partial charge < -0.3 is 14.4 Å². The van der Waals surface area contributed by atoms with Crippen LogP contribution in [0.5, 0.6) is 0 Å². The number of rotatable bonds is 4. The predicted molar refractivity (Wildman–Crippen MR) is 80.1 cm³/mol. The van der Waals surface area contributed by atoms with E-state index >= 15 is 0 Å².